The number of benzene rings is 1. The third-order valence-electron chi connectivity index (χ3n) is 4.63. The van der Waals surface area contributed by atoms with Crippen LogP contribution in [0.5, 0.6) is 0 Å². The fourth-order valence-electron chi connectivity index (χ4n) is 3.29. The monoisotopic (exact) mass is 355 g/mol. The van der Waals surface area contributed by atoms with Gasteiger partial charge in [-0.05, 0) is 48.6 Å². The average molecular weight is 356 g/mol. The van der Waals surface area contributed by atoms with Gasteiger partial charge in [0, 0.05) is 24.6 Å². The van der Waals surface area contributed by atoms with Crippen molar-refractivity contribution >= 4 is 21.6 Å². The van der Waals surface area contributed by atoms with Crippen LogP contribution in [-0.2, 0) is 14.6 Å². The van der Waals surface area contributed by atoms with Gasteiger partial charge in [0.2, 0.25) is 0 Å². The maximum absolute atomic E-state index is 11.5. The lowest BCUT2D eigenvalue weighted by atomic mass is 9.90. The second-order valence-corrected chi connectivity index (χ2v) is 9.95. The number of piperidine rings is 1. The van der Waals surface area contributed by atoms with Gasteiger partial charge in [-0.3, -0.25) is 0 Å². The molecule has 1 N–H and O–H groups in total. The maximum atomic E-state index is 11.5. The fourth-order valence-corrected chi connectivity index (χ4v) is 5.10. The van der Waals surface area contributed by atoms with Crippen LogP contribution in [-0.4, -0.2) is 51.5 Å². The van der Waals surface area contributed by atoms with Crippen molar-refractivity contribution in [1.29, 1.82) is 0 Å². The lowest BCUT2D eigenvalue weighted by Crippen LogP contribution is -2.40. The highest BCUT2D eigenvalue weighted by Crippen LogP contribution is 2.29. The predicted molar refractivity (Wildman–Crippen MR) is 95.0 cm³/mol. The van der Waals surface area contributed by atoms with Crippen LogP contribution in [0.1, 0.15) is 30.7 Å². The maximum Gasteiger partial charge on any atom is 0.175 e. The lowest BCUT2D eigenvalue weighted by Gasteiger charge is -2.31. The molecule has 2 aliphatic rings. The molecule has 0 spiro atoms. The lowest BCUT2D eigenvalue weighted by molar-refractivity contribution is 0.0324. The van der Waals surface area contributed by atoms with Crippen molar-refractivity contribution in [2.75, 3.05) is 31.7 Å². The molecule has 3 rings (SSSR count). The SMILES string of the molecule is CS(=O)(=O)c1ccc(C2CNCC(OCC3CCCS3)C2)cc1. The molecule has 2 fully saturated rings. The summed E-state index contributed by atoms with van der Waals surface area (Å²) >= 11 is 2.03. The predicted octanol–water partition coefficient (Wildman–Crippen LogP) is 2.45. The molecule has 3 unspecified atom stereocenters. The molecule has 2 aliphatic heterocycles. The Balaban J connectivity index is 1.57. The second kappa shape index (κ2) is 7.55. The highest BCUT2D eigenvalue weighted by molar-refractivity contribution is 8.00. The number of rotatable bonds is 5. The first-order valence-corrected chi connectivity index (χ1v) is 11.2. The summed E-state index contributed by atoms with van der Waals surface area (Å²) in [7, 11) is -3.12. The molecule has 0 radical (unpaired) electrons. The Morgan fingerprint density at radius 2 is 2.04 bits per heavy atom. The number of thioether (sulfide) groups is 1. The van der Waals surface area contributed by atoms with Crippen LogP contribution < -0.4 is 5.32 Å². The molecule has 0 saturated carbocycles. The Morgan fingerprint density at radius 1 is 1.26 bits per heavy atom. The number of sulfone groups is 1. The first-order valence-electron chi connectivity index (χ1n) is 8.26. The first kappa shape index (κ1) is 17.3. The van der Waals surface area contributed by atoms with Crippen molar-refractivity contribution in [1.82, 2.24) is 5.32 Å². The summed E-state index contributed by atoms with van der Waals surface area (Å²) < 4.78 is 29.2. The van der Waals surface area contributed by atoms with Crippen molar-refractivity contribution in [3.05, 3.63) is 29.8 Å². The van der Waals surface area contributed by atoms with E-state index >= 15 is 0 Å². The molecule has 0 amide bonds. The molecular formula is C17H25NO3S2. The van der Waals surface area contributed by atoms with Crippen LogP contribution >= 0.6 is 11.8 Å². The van der Waals surface area contributed by atoms with Gasteiger partial charge < -0.3 is 10.1 Å². The molecule has 3 atom stereocenters. The number of nitrogens with one attached hydrogen (secondary N) is 1. The van der Waals surface area contributed by atoms with Gasteiger partial charge in [-0.2, -0.15) is 11.8 Å². The Bertz CT molecular complexity index is 609. The van der Waals surface area contributed by atoms with E-state index in [2.05, 4.69) is 5.32 Å². The Kier molecular flexibility index (Phi) is 5.67. The van der Waals surface area contributed by atoms with Crippen LogP contribution in [0.15, 0.2) is 29.2 Å². The molecular weight excluding hydrogens is 330 g/mol. The fraction of sp³-hybridized carbons (Fsp3) is 0.647. The van der Waals surface area contributed by atoms with E-state index in [1.807, 2.05) is 23.9 Å². The second-order valence-electron chi connectivity index (χ2n) is 6.52. The van der Waals surface area contributed by atoms with Crippen LogP contribution in [0.3, 0.4) is 0 Å². The molecule has 4 nitrogen and oxygen atoms in total. The van der Waals surface area contributed by atoms with Gasteiger partial charge in [-0.1, -0.05) is 12.1 Å². The molecule has 2 saturated heterocycles. The van der Waals surface area contributed by atoms with E-state index in [4.69, 9.17) is 4.74 Å². The number of hydrogen-bond donors (Lipinski definition) is 1. The zero-order valence-corrected chi connectivity index (χ0v) is 15.2. The summed E-state index contributed by atoms with van der Waals surface area (Å²) in [6.07, 6.45) is 5.10. The molecule has 1 aromatic carbocycles. The van der Waals surface area contributed by atoms with Crippen molar-refractivity contribution in [3.63, 3.8) is 0 Å². The van der Waals surface area contributed by atoms with Gasteiger partial charge in [0.05, 0.1) is 17.6 Å². The summed E-state index contributed by atoms with van der Waals surface area (Å²) in [6.45, 7) is 2.70. The topological polar surface area (TPSA) is 55.4 Å². The van der Waals surface area contributed by atoms with Crippen LogP contribution in [0.2, 0.25) is 0 Å². The van der Waals surface area contributed by atoms with Crippen LogP contribution in [0.25, 0.3) is 0 Å². The van der Waals surface area contributed by atoms with Gasteiger partial charge in [-0.25, -0.2) is 8.42 Å². The molecule has 1 aromatic rings. The molecule has 2 heterocycles. The summed E-state index contributed by atoms with van der Waals surface area (Å²) in [5.41, 5.74) is 1.19. The zero-order valence-electron chi connectivity index (χ0n) is 13.5. The van der Waals surface area contributed by atoms with E-state index in [0.29, 0.717) is 16.1 Å². The smallest absolute Gasteiger partial charge is 0.175 e. The normalized spacial score (nSPS) is 28.8. The van der Waals surface area contributed by atoms with E-state index < -0.39 is 9.84 Å². The summed E-state index contributed by atoms with van der Waals surface area (Å²) in [6, 6.07) is 7.31. The highest BCUT2D eigenvalue weighted by atomic mass is 32.2. The van der Waals surface area contributed by atoms with Gasteiger partial charge in [0.1, 0.15) is 0 Å². The minimum Gasteiger partial charge on any atom is -0.376 e. The Labute approximate surface area is 143 Å². The quantitative estimate of drug-likeness (QED) is 0.879. The summed E-state index contributed by atoms with van der Waals surface area (Å²) in [5, 5.41) is 4.12. The van der Waals surface area contributed by atoms with Crippen LogP contribution in [0.4, 0.5) is 0 Å². The standard InChI is InChI=1S/C17H25NO3S2/c1-23(19,20)17-6-4-13(5-7-17)14-9-15(11-18-10-14)21-12-16-3-2-8-22-16/h4-7,14-16,18H,2-3,8-12H2,1H3. The molecule has 0 aliphatic carbocycles. The minimum atomic E-state index is -3.12. The molecule has 23 heavy (non-hydrogen) atoms. The number of hydrogen-bond acceptors (Lipinski definition) is 5. The third-order valence-corrected chi connectivity index (χ3v) is 7.13. The summed E-state index contributed by atoms with van der Waals surface area (Å²) in [5.74, 6) is 1.66. The molecule has 0 bridgehead atoms. The van der Waals surface area contributed by atoms with E-state index in [-0.39, 0.29) is 6.10 Å². The largest absolute Gasteiger partial charge is 0.376 e. The Morgan fingerprint density at radius 3 is 2.70 bits per heavy atom. The van der Waals surface area contributed by atoms with E-state index in [1.165, 1.54) is 30.4 Å². The van der Waals surface area contributed by atoms with E-state index in [1.54, 1.807) is 12.1 Å². The van der Waals surface area contributed by atoms with E-state index in [0.717, 1.165) is 26.1 Å². The molecule has 6 heteroatoms. The number of ether oxygens (including phenoxy) is 1. The van der Waals surface area contributed by atoms with Crippen molar-refractivity contribution < 1.29 is 13.2 Å². The first-order chi connectivity index (χ1) is 11.0. The average Bonchev–Trinajstić information content (AvgIpc) is 3.06. The summed E-state index contributed by atoms with van der Waals surface area (Å²) in [4.78, 5) is 0.385. The van der Waals surface area contributed by atoms with Crippen molar-refractivity contribution in [2.24, 2.45) is 0 Å². The minimum absolute atomic E-state index is 0.254. The molecule has 128 valence electrons. The third kappa shape index (κ3) is 4.72. The van der Waals surface area contributed by atoms with Crippen LogP contribution in [0, 0.1) is 0 Å². The van der Waals surface area contributed by atoms with Gasteiger partial charge >= 0.3 is 0 Å². The molecule has 0 aromatic heterocycles. The Hall–Kier alpha value is -0.560. The van der Waals surface area contributed by atoms with Crippen molar-refractivity contribution in [2.45, 2.75) is 41.4 Å². The van der Waals surface area contributed by atoms with Gasteiger partial charge in [0.25, 0.3) is 0 Å². The van der Waals surface area contributed by atoms with E-state index in [9.17, 15) is 8.42 Å². The highest BCUT2D eigenvalue weighted by Gasteiger charge is 2.25. The van der Waals surface area contributed by atoms with Crippen molar-refractivity contribution in [3.8, 4) is 0 Å². The zero-order chi connectivity index (χ0) is 16.3. The van der Waals surface area contributed by atoms with Gasteiger partial charge in [0.15, 0.2) is 9.84 Å². The van der Waals surface area contributed by atoms with Gasteiger partial charge in [-0.15, -0.1) is 0 Å².